The highest BCUT2D eigenvalue weighted by molar-refractivity contribution is 4.97. The smallest absolute Gasteiger partial charge is 0.0870 e. The molecule has 1 N–H and O–H groups in total. The van der Waals surface area contributed by atoms with Crippen LogP contribution >= 0.6 is 0 Å². The Balaban J connectivity index is 1.72. The number of hydrogen-bond acceptors (Lipinski definition) is 2. The molecule has 1 aliphatic carbocycles. The van der Waals surface area contributed by atoms with Crippen molar-refractivity contribution in [3.63, 3.8) is 0 Å². The van der Waals surface area contributed by atoms with Crippen LogP contribution in [0.1, 0.15) is 19.3 Å². The van der Waals surface area contributed by atoms with Crippen molar-refractivity contribution in [2.75, 3.05) is 13.6 Å². The van der Waals surface area contributed by atoms with Crippen LogP contribution in [0.2, 0.25) is 0 Å². The van der Waals surface area contributed by atoms with E-state index in [-0.39, 0.29) is 0 Å². The molecule has 3 atom stereocenters. The standard InChI is InChI=1S/C8H15NO/c1-9-5-4-6-2-3-7-8(6)10-7/h6-9H,2-5H2,1H3/t6-,7-,8+/m1/s1. The molecule has 2 fully saturated rings. The lowest BCUT2D eigenvalue weighted by Gasteiger charge is -2.08. The van der Waals surface area contributed by atoms with Gasteiger partial charge in [-0.1, -0.05) is 0 Å². The molecule has 10 heavy (non-hydrogen) atoms. The number of ether oxygens (including phenoxy) is 1. The second-order valence-corrected chi connectivity index (χ2v) is 3.37. The summed E-state index contributed by atoms with van der Waals surface area (Å²) >= 11 is 0. The molecule has 1 aliphatic heterocycles. The van der Waals surface area contributed by atoms with Crippen molar-refractivity contribution < 1.29 is 4.74 Å². The summed E-state index contributed by atoms with van der Waals surface area (Å²) in [5.74, 6) is 0.873. The predicted molar refractivity (Wildman–Crippen MR) is 39.9 cm³/mol. The van der Waals surface area contributed by atoms with Crippen molar-refractivity contribution in [2.24, 2.45) is 5.92 Å². The Kier molecular flexibility index (Phi) is 1.66. The molecular weight excluding hydrogens is 126 g/mol. The van der Waals surface area contributed by atoms with Crippen molar-refractivity contribution in [1.82, 2.24) is 5.32 Å². The van der Waals surface area contributed by atoms with Gasteiger partial charge in [-0.2, -0.15) is 0 Å². The fraction of sp³-hybridized carbons (Fsp3) is 1.00. The van der Waals surface area contributed by atoms with E-state index in [9.17, 15) is 0 Å². The maximum atomic E-state index is 5.43. The number of nitrogens with one attached hydrogen (secondary N) is 1. The van der Waals surface area contributed by atoms with Crippen LogP contribution in [0, 0.1) is 5.92 Å². The van der Waals surface area contributed by atoms with Gasteiger partial charge >= 0.3 is 0 Å². The Morgan fingerprint density at radius 3 is 2.90 bits per heavy atom. The molecule has 2 nitrogen and oxygen atoms in total. The SMILES string of the molecule is CNCC[C@H]1CC[C@H]2O[C@@H]12. The maximum absolute atomic E-state index is 5.43. The van der Waals surface area contributed by atoms with Crippen LogP contribution in [0.4, 0.5) is 0 Å². The molecule has 0 amide bonds. The predicted octanol–water partition coefficient (Wildman–Crippen LogP) is 0.773. The second kappa shape index (κ2) is 2.51. The van der Waals surface area contributed by atoms with Crippen LogP contribution in [-0.2, 0) is 4.74 Å². The van der Waals surface area contributed by atoms with Gasteiger partial charge in [-0.25, -0.2) is 0 Å². The third kappa shape index (κ3) is 1.06. The van der Waals surface area contributed by atoms with Gasteiger partial charge in [0.15, 0.2) is 0 Å². The normalized spacial score (nSPS) is 43.5. The summed E-state index contributed by atoms with van der Waals surface area (Å²) in [4.78, 5) is 0. The zero-order chi connectivity index (χ0) is 6.97. The van der Waals surface area contributed by atoms with E-state index >= 15 is 0 Å². The lowest BCUT2D eigenvalue weighted by molar-refractivity contribution is 0.257. The van der Waals surface area contributed by atoms with E-state index in [1.165, 1.54) is 19.3 Å². The summed E-state index contributed by atoms with van der Waals surface area (Å²) in [5, 5.41) is 3.18. The molecule has 2 heteroatoms. The summed E-state index contributed by atoms with van der Waals surface area (Å²) in [6.07, 6.45) is 5.35. The molecule has 0 radical (unpaired) electrons. The van der Waals surface area contributed by atoms with Gasteiger partial charge in [0.2, 0.25) is 0 Å². The van der Waals surface area contributed by atoms with Gasteiger partial charge in [0.05, 0.1) is 12.2 Å². The first-order valence-electron chi connectivity index (χ1n) is 4.22. The highest BCUT2D eigenvalue weighted by atomic mass is 16.6. The zero-order valence-corrected chi connectivity index (χ0v) is 6.47. The highest BCUT2D eigenvalue weighted by Crippen LogP contribution is 2.44. The fourth-order valence-electron chi connectivity index (χ4n) is 1.98. The zero-order valence-electron chi connectivity index (χ0n) is 6.47. The van der Waals surface area contributed by atoms with Crippen LogP contribution < -0.4 is 5.32 Å². The van der Waals surface area contributed by atoms with Gasteiger partial charge in [0, 0.05) is 0 Å². The first kappa shape index (κ1) is 6.62. The monoisotopic (exact) mass is 141 g/mol. The summed E-state index contributed by atoms with van der Waals surface area (Å²) in [7, 11) is 2.01. The number of epoxide rings is 1. The van der Waals surface area contributed by atoms with E-state index in [4.69, 9.17) is 4.74 Å². The molecule has 0 aromatic rings. The molecule has 0 spiro atoms. The van der Waals surface area contributed by atoms with Gasteiger partial charge < -0.3 is 10.1 Å². The van der Waals surface area contributed by atoms with Gasteiger partial charge in [0.1, 0.15) is 0 Å². The molecule has 0 aromatic carbocycles. The first-order chi connectivity index (χ1) is 4.92. The van der Waals surface area contributed by atoms with E-state index in [0.29, 0.717) is 12.2 Å². The van der Waals surface area contributed by atoms with Crippen molar-refractivity contribution in [3.05, 3.63) is 0 Å². The molecule has 1 saturated carbocycles. The van der Waals surface area contributed by atoms with E-state index < -0.39 is 0 Å². The molecular formula is C8H15NO. The third-order valence-electron chi connectivity index (χ3n) is 2.67. The Morgan fingerprint density at radius 1 is 1.50 bits per heavy atom. The fourth-order valence-corrected chi connectivity index (χ4v) is 1.98. The molecule has 0 aromatic heterocycles. The quantitative estimate of drug-likeness (QED) is 0.587. The lowest BCUT2D eigenvalue weighted by Crippen LogP contribution is -2.14. The molecule has 0 unspecified atom stereocenters. The Labute approximate surface area is 61.9 Å². The first-order valence-corrected chi connectivity index (χ1v) is 4.22. The molecule has 2 aliphatic rings. The van der Waals surface area contributed by atoms with Gasteiger partial charge in [0.25, 0.3) is 0 Å². The Bertz CT molecular complexity index is 126. The van der Waals surface area contributed by atoms with Gasteiger partial charge in [-0.15, -0.1) is 0 Å². The minimum absolute atomic E-state index is 0.661. The van der Waals surface area contributed by atoms with Crippen LogP contribution in [0.3, 0.4) is 0 Å². The minimum atomic E-state index is 0.661. The topological polar surface area (TPSA) is 24.6 Å². The highest BCUT2D eigenvalue weighted by Gasteiger charge is 2.49. The number of rotatable bonds is 3. The van der Waals surface area contributed by atoms with Crippen molar-refractivity contribution >= 4 is 0 Å². The Hall–Kier alpha value is -0.0800. The summed E-state index contributed by atoms with van der Waals surface area (Å²) in [5.41, 5.74) is 0. The van der Waals surface area contributed by atoms with Crippen molar-refractivity contribution in [1.29, 1.82) is 0 Å². The second-order valence-electron chi connectivity index (χ2n) is 3.37. The largest absolute Gasteiger partial charge is 0.369 e. The van der Waals surface area contributed by atoms with E-state index in [0.717, 1.165) is 12.5 Å². The molecule has 1 saturated heterocycles. The molecule has 2 rings (SSSR count). The third-order valence-corrected chi connectivity index (χ3v) is 2.67. The van der Waals surface area contributed by atoms with E-state index in [1.54, 1.807) is 0 Å². The average Bonchev–Trinajstić information content (AvgIpc) is 2.63. The van der Waals surface area contributed by atoms with Crippen LogP contribution in [-0.4, -0.2) is 25.8 Å². The minimum Gasteiger partial charge on any atom is -0.369 e. The van der Waals surface area contributed by atoms with Crippen LogP contribution in [0.25, 0.3) is 0 Å². The molecule has 0 bridgehead atoms. The van der Waals surface area contributed by atoms with Crippen molar-refractivity contribution in [2.45, 2.75) is 31.5 Å². The average molecular weight is 141 g/mol. The van der Waals surface area contributed by atoms with Gasteiger partial charge in [-0.3, -0.25) is 0 Å². The molecule has 58 valence electrons. The molecule has 1 heterocycles. The van der Waals surface area contributed by atoms with Crippen molar-refractivity contribution in [3.8, 4) is 0 Å². The number of fused-ring (bicyclic) bond motifs is 1. The van der Waals surface area contributed by atoms with E-state index in [2.05, 4.69) is 5.32 Å². The maximum Gasteiger partial charge on any atom is 0.0870 e. The summed E-state index contributed by atoms with van der Waals surface area (Å²) in [6.45, 7) is 1.15. The Morgan fingerprint density at radius 2 is 2.40 bits per heavy atom. The number of hydrogen-bond donors (Lipinski definition) is 1. The van der Waals surface area contributed by atoms with Gasteiger partial charge in [-0.05, 0) is 38.8 Å². The summed E-state index contributed by atoms with van der Waals surface area (Å²) in [6, 6.07) is 0. The van der Waals surface area contributed by atoms with E-state index in [1.807, 2.05) is 7.05 Å². The van der Waals surface area contributed by atoms with Crippen LogP contribution in [0.15, 0.2) is 0 Å². The lowest BCUT2D eigenvalue weighted by atomic mass is 10.0. The summed E-state index contributed by atoms with van der Waals surface area (Å²) < 4.78 is 5.43. The van der Waals surface area contributed by atoms with Crippen LogP contribution in [0.5, 0.6) is 0 Å².